The third kappa shape index (κ3) is 5.65. The van der Waals surface area contributed by atoms with E-state index in [1.807, 2.05) is 18.2 Å². The topological polar surface area (TPSA) is 82.1 Å². The number of nitrogens with zero attached hydrogens (tertiary/aromatic N) is 2. The summed E-state index contributed by atoms with van der Waals surface area (Å²) in [6.45, 7) is 6.48. The second-order valence-electron chi connectivity index (χ2n) is 6.76. The van der Waals surface area contributed by atoms with Gasteiger partial charge in [-0.25, -0.2) is 0 Å². The number of piperidine rings is 1. The van der Waals surface area contributed by atoms with E-state index in [0.717, 1.165) is 10.1 Å². The van der Waals surface area contributed by atoms with Gasteiger partial charge in [0.25, 0.3) is 10.2 Å². The molecule has 0 unspecified atom stereocenters. The van der Waals surface area contributed by atoms with Crippen LogP contribution in [-0.2, 0) is 10.2 Å². The van der Waals surface area contributed by atoms with Gasteiger partial charge in [0.15, 0.2) is 0 Å². The molecule has 1 saturated heterocycles. The molecule has 7 nitrogen and oxygen atoms in total. The fourth-order valence-corrected chi connectivity index (χ4v) is 3.60. The van der Waals surface area contributed by atoms with E-state index in [2.05, 4.69) is 23.5 Å². The Morgan fingerprint density at radius 1 is 1.32 bits per heavy atom. The van der Waals surface area contributed by atoms with Gasteiger partial charge in [-0.15, -0.1) is 0 Å². The lowest BCUT2D eigenvalue weighted by Gasteiger charge is -2.36. The molecule has 0 radical (unpaired) electrons. The van der Waals surface area contributed by atoms with Gasteiger partial charge >= 0.3 is 0 Å². The minimum absolute atomic E-state index is 0.427. The first-order valence-corrected chi connectivity index (χ1v) is 9.93. The van der Waals surface area contributed by atoms with Gasteiger partial charge < -0.3 is 9.84 Å². The number of benzene rings is 1. The number of nitrogens with one attached hydrogen (secondary N) is 1. The van der Waals surface area contributed by atoms with E-state index in [1.165, 1.54) is 25.2 Å². The van der Waals surface area contributed by atoms with E-state index < -0.39 is 22.4 Å². The Morgan fingerprint density at radius 2 is 2.04 bits per heavy atom. The molecule has 0 aliphatic carbocycles. The lowest BCUT2D eigenvalue weighted by molar-refractivity contribution is 0.0419. The number of aliphatic hydroxyl groups excluding tert-OH is 1. The van der Waals surface area contributed by atoms with E-state index >= 15 is 0 Å². The summed E-state index contributed by atoms with van der Waals surface area (Å²) in [7, 11) is -0.596. The van der Waals surface area contributed by atoms with Crippen molar-refractivity contribution in [1.82, 2.24) is 13.9 Å². The molecular weight excluding hydrogens is 342 g/mol. The number of aliphatic hydroxyl groups is 1. The average Bonchev–Trinajstić information content (AvgIpc) is 2.53. The first-order chi connectivity index (χ1) is 11.7. The van der Waals surface area contributed by atoms with Crippen LogP contribution in [0.1, 0.15) is 17.5 Å². The van der Waals surface area contributed by atoms with Crippen LogP contribution in [-0.4, -0.2) is 75.2 Å². The number of rotatable bonds is 7. The smallest absolute Gasteiger partial charge is 0.279 e. The largest absolute Gasteiger partial charge is 0.492 e. The highest BCUT2D eigenvalue weighted by Gasteiger charge is 2.31. The molecule has 1 aliphatic heterocycles. The molecular formula is C17H29N3O4S. The van der Waals surface area contributed by atoms with Crippen LogP contribution >= 0.6 is 0 Å². The van der Waals surface area contributed by atoms with Gasteiger partial charge in [0.05, 0.1) is 12.1 Å². The first-order valence-electron chi connectivity index (χ1n) is 8.49. The van der Waals surface area contributed by atoms with Gasteiger partial charge in [0.1, 0.15) is 12.4 Å². The third-order valence-corrected chi connectivity index (χ3v) is 6.16. The number of hydrogen-bond acceptors (Lipinski definition) is 5. The van der Waals surface area contributed by atoms with Crippen LogP contribution in [0, 0.1) is 13.8 Å². The van der Waals surface area contributed by atoms with Gasteiger partial charge in [-0.1, -0.05) is 6.07 Å². The molecule has 25 heavy (non-hydrogen) atoms. The molecule has 2 N–H and O–H groups in total. The molecule has 0 amide bonds. The summed E-state index contributed by atoms with van der Waals surface area (Å²) in [5.74, 6) is 0.845. The summed E-state index contributed by atoms with van der Waals surface area (Å²) in [4.78, 5) is 2.09. The van der Waals surface area contributed by atoms with Crippen LogP contribution in [0.4, 0.5) is 0 Å². The average molecular weight is 372 g/mol. The van der Waals surface area contributed by atoms with Crippen molar-refractivity contribution >= 4 is 10.2 Å². The minimum atomic E-state index is -3.53. The molecule has 142 valence electrons. The zero-order chi connectivity index (χ0) is 18.6. The summed E-state index contributed by atoms with van der Waals surface area (Å²) in [5, 5.41) is 10.2. The molecule has 1 aromatic rings. The molecule has 0 saturated carbocycles. The molecule has 0 aromatic heterocycles. The summed E-state index contributed by atoms with van der Waals surface area (Å²) in [5.41, 5.74) is 2.43. The van der Waals surface area contributed by atoms with Crippen molar-refractivity contribution in [3.8, 4) is 5.75 Å². The maximum atomic E-state index is 11.9. The standard InChI is InChI=1S/C17H29N3O4S/c1-13-5-6-15(11-14(13)2)24-10-9-20-8-7-16(17(21)12-20)18-25(22,23)19(3)4/h5-6,11,16-18,21H,7-10,12H2,1-4H3/t16-,17-/m1/s1. The fourth-order valence-electron chi connectivity index (χ4n) is 2.73. The molecule has 0 bridgehead atoms. The van der Waals surface area contributed by atoms with Crippen LogP contribution in [0.3, 0.4) is 0 Å². The first kappa shape index (κ1) is 20.1. The van der Waals surface area contributed by atoms with Crippen molar-refractivity contribution in [3.05, 3.63) is 29.3 Å². The van der Waals surface area contributed by atoms with Crippen molar-refractivity contribution in [2.75, 3.05) is 40.3 Å². The maximum absolute atomic E-state index is 11.9. The van der Waals surface area contributed by atoms with Crippen LogP contribution < -0.4 is 9.46 Å². The number of likely N-dealkylation sites (tertiary alicyclic amines) is 1. The zero-order valence-corrected chi connectivity index (χ0v) is 16.2. The molecule has 8 heteroatoms. The second-order valence-corrected chi connectivity index (χ2v) is 8.68. The summed E-state index contributed by atoms with van der Waals surface area (Å²) in [6.07, 6.45) is -0.164. The number of aryl methyl sites for hydroxylation is 2. The van der Waals surface area contributed by atoms with E-state index in [-0.39, 0.29) is 0 Å². The summed E-state index contributed by atoms with van der Waals surface area (Å²) < 4.78 is 33.2. The number of β-amino-alcohol motifs (C(OH)–C–C–N with tert-alkyl or cyclic N) is 1. The van der Waals surface area contributed by atoms with E-state index in [1.54, 1.807) is 0 Å². The summed E-state index contributed by atoms with van der Waals surface area (Å²) >= 11 is 0. The Hall–Kier alpha value is -1.19. The van der Waals surface area contributed by atoms with E-state index in [4.69, 9.17) is 4.74 Å². The van der Waals surface area contributed by atoms with Crippen molar-refractivity contribution in [2.24, 2.45) is 0 Å². The Labute approximate surface area is 150 Å². The molecule has 0 spiro atoms. The van der Waals surface area contributed by atoms with Crippen molar-refractivity contribution < 1.29 is 18.3 Å². The Kier molecular flexibility index (Phi) is 6.81. The Morgan fingerprint density at radius 3 is 2.64 bits per heavy atom. The van der Waals surface area contributed by atoms with Gasteiger partial charge in [-0.3, -0.25) is 4.90 Å². The van der Waals surface area contributed by atoms with Gasteiger partial charge in [-0.05, 0) is 50.1 Å². The molecule has 1 aliphatic rings. The van der Waals surface area contributed by atoms with Crippen LogP contribution in [0.5, 0.6) is 5.75 Å². The molecule has 2 rings (SSSR count). The second kappa shape index (κ2) is 8.46. The summed E-state index contributed by atoms with van der Waals surface area (Å²) in [6, 6.07) is 5.56. The monoisotopic (exact) mass is 371 g/mol. The van der Waals surface area contributed by atoms with E-state index in [9.17, 15) is 13.5 Å². The van der Waals surface area contributed by atoms with Crippen molar-refractivity contribution in [3.63, 3.8) is 0 Å². The predicted octanol–water partition coefficient (Wildman–Crippen LogP) is 0.513. The fraction of sp³-hybridized carbons (Fsp3) is 0.647. The highest BCUT2D eigenvalue weighted by Crippen LogP contribution is 2.17. The van der Waals surface area contributed by atoms with Crippen LogP contribution in [0.15, 0.2) is 18.2 Å². The Bertz CT molecular complexity index is 678. The predicted molar refractivity (Wildman–Crippen MR) is 98.0 cm³/mol. The SMILES string of the molecule is Cc1ccc(OCCN2CC[C@@H](NS(=O)(=O)N(C)C)[C@H](O)C2)cc1C. The van der Waals surface area contributed by atoms with Gasteiger partial charge in [-0.2, -0.15) is 17.4 Å². The van der Waals surface area contributed by atoms with Crippen molar-refractivity contribution in [1.29, 1.82) is 0 Å². The zero-order valence-electron chi connectivity index (χ0n) is 15.4. The quantitative estimate of drug-likeness (QED) is 0.730. The van der Waals surface area contributed by atoms with Crippen LogP contribution in [0.2, 0.25) is 0 Å². The lowest BCUT2D eigenvalue weighted by Crippen LogP contribution is -2.56. The molecule has 1 fully saturated rings. The number of hydrogen-bond donors (Lipinski definition) is 2. The lowest BCUT2D eigenvalue weighted by atomic mass is 10.0. The molecule has 1 aromatic carbocycles. The van der Waals surface area contributed by atoms with Gasteiger partial charge in [0, 0.05) is 27.2 Å². The molecule has 1 heterocycles. The minimum Gasteiger partial charge on any atom is -0.492 e. The highest BCUT2D eigenvalue weighted by atomic mass is 32.2. The third-order valence-electron chi connectivity index (χ3n) is 4.60. The maximum Gasteiger partial charge on any atom is 0.279 e. The Balaban J connectivity index is 1.78. The molecule has 2 atom stereocenters. The van der Waals surface area contributed by atoms with E-state index in [0.29, 0.717) is 32.7 Å². The van der Waals surface area contributed by atoms with Gasteiger partial charge in [0.2, 0.25) is 0 Å². The van der Waals surface area contributed by atoms with Crippen LogP contribution in [0.25, 0.3) is 0 Å². The highest BCUT2D eigenvalue weighted by molar-refractivity contribution is 7.87. The van der Waals surface area contributed by atoms with Crippen molar-refractivity contribution in [2.45, 2.75) is 32.4 Å². The normalized spacial score (nSPS) is 22.3. The number of ether oxygens (including phenoxy) is 1.